The summed E-state index contributed by atoms with van der Waals surface area (Å²) in [5.74, 6) is 0.0337. The molecule has 4 aromatic rings. The van der Waals surface area contributed by atoms with Gasteiger partial charge >= 0.3 is 0 Å². The molecule has 0 bridgehead atoms. The first kappa shape index (κ1) is 18.8. The second-order valence-electron chi connectivity index (χ2n) is 7.45. The number of carbonyl (C=O) groups excluding carboxylic acids is 1. The van der Waals surface area contributed by atoms with E-state index < -0.39 is 0 Å². The molecule has 0 aliphatic carbocycles. The van der Waals surface area contributed by atoms with Crippen molar-refractivity contribution < 1.29 is 4.79 Å². The maximum absolute atomic E-state index is 13.0. The number of amides is 1. The van der Waals surface area contributed by atoms with Crippen molar-refractivity contribution >= 4 is 33.5 Å². The molecule has 2 aromatic heterocycles. The highest BCUT2D eigenvalue weighted by molar-refractivity contribution is 7.18. The van der Waals surface area contributed by atoms with E-state index in [2.05, 4.69) is 11.2 Å². The molecule has 1 saturated heterocycles. The van der Waals surface area contributed by atoms with Gasteiger partial charge in [-0.25, -0.2) is 9.67 Å². The van der Waals surface area contributed by atoms with Crippen molar-refractivity contribution in [1.29, 1.82) is 0 Å². The number of hydrogen-bond acceptors (Lipinski definition) is 4. The lowest BCUT2D eigenvalue weighted by atomic mass is 10.0. The van der Waals surface area contributed by atoms with Crippen LogP contribution in [0.25, 0.3) is 22.0 Å². The van der Waals surface area contributed by atoms with Crippen molar-refractivity contribution in [3.63, 3.8) is 0 Å². The molecule has 0 unspecified atom stereocenters. The first-order valence-electron chi connectivity index (χ1n) is 10.2. The lowest BCUT2D eigenvalue weighted by molar-refractivity contribution is -0.129. The molecule has 5 rings (SSSR count). The van der Waals surface area contributed by atoms with Crippen LogP contribution in [0.3, 0.4) is 0 Å². The first-order valence-corrected chi connectivity index (χ1v) is 11.0. The minimum absolute atomic E-state index is 0.0337. The smallest absolute Gasteiger partial charge is 0.247 e. The van der Waals surface area contributed by atoms with Crippen LogP contribution in [-0.2, 0) is 4.79 Å². The molecule has 1 fully saturated rings. The van der Waals surface area contributed by atoms with E-state index in [1.54, 1.807) is 23.6 Å². The maximum atomic E-state index is 13.0. The number of aromatic nitrogens is 3. The second-order valence-corrected chi connectivity index (χ2v) is 8.51. The van der Waals surface area contributed by atoms with E-state index >= 15 is 0 Å². The SMILES string of the molecule is O=C(/C=C/c1cnn(-c2ccccc2)c1)N1CCCC[C@H]1c1nc2ccccc2s1. The Morgan fingerprint density at radius 2 is 1.90 bits per heavy atom. The predicted octanol–water partition coefficient (Wildman–Crippen LogP) is 5.25. The topological polar surface area (TPSA) is 51.0 Å². The van der Waals surface area contributed by atoms with Crippen molar-refractivity contribution in [3.05, 3.63) is 83.6 Å². The van der Waals surface area contributed by atoms with Crippen LogP contribution in [0.2, 0.25) is 0 Å². The highest BCUT2D eigenvalue weighted by Gasteiger charge is 2.29. The van der Waals surface area contributed by atoms with Crippen LogP contribution in [0, 0.1) is 0 Å². The Morgan fingerprint density at radius 1 is 1.07 bits per heavy atom. The van der Waals surface area contributed by atoms with Gasteiger partial charge in [0.2, 0.25) is 5.91 Å². The van der Waals surface area contributed by atoms with Gasteiger partial charge in [0.25, 0.3) is 0 Å². The fourth-order valence-electron chi connectivity index (χ4n) is 3.89. The van der Waals surface area contributed by atoms with E-state index in [1.807, 2.05) is 70.4 Å². The number of carbonyl (C=O) groups is 1. The third-order valence-corrected chi connectivity index (χ3v) is 6.56. The van der Waals surface area contributed by atoms with Crippen molar-refractivity contribution in [3.8, 4) is 5.69 Å². The third kappa shape index (κ3) is 3.78. The summed E-state index contributed by atoms with van der Waals surface area (Å²) in [6.45, 7) is 0.771. The van der Waals surface area contributed by atoms with Gasteiger partial charge in [0.1, 0.15) is 5.01 Å². The Morgan fingerprint density at radius 3 is 2.77 bits per heavy atom. The highest BCUT2D eigenvalue weighted by atomic mass is 32.1. The average molecular weight is 415 g/mol. The minimum Gasteiger partial charge on any atom is -0.330 e. The first-order chi connectivity index (χ1) is 14.8. The Kier molecular flexibility index (Phi) is 5.15. The van der Waals surface area contributed by atoms with E-state index in [9.17, 15) is 4.79 Å². The van der Waals surface area contributed by atoms with Crippen LogP contribution >= 0.6 is 11.3 Å². The molecule has 0 radical (unpaired) electrons. The summed E-state index contributed by atoms with van der Waals surface area (Å²) in [6, 6.07) is 18.2. The number of para-hydroxylation sites is 2. The quantitative estimate of drug-likeness (QED) is 0.429. The summed E-state index contributed by atoms with van der Waals surface area (Å²) in [4.78, 5) is 19.8. The second kappa shape index (κ2) is 8.24. The lowest BCUT2D eigenvalue weighted by Crippen LogP contribution is -2.37. The summed E-state index contributed by atoms with van der Waals surface area (Å²) >= 11 is 1.70. The number of fused-ring (bicyclic) bond motifs is 1. The molecule has 1 atom stereocenters. The van der Waals surface area contributed by atoms with Gasteiger partial charge in [-0.05, 0) is 49.6 Å². The third-order valence-electron chi connectivity index (χ3n) is 5.42. The monoisotopic (exact) mass is 414 g/mol. The summed E-state index contributed by atoms with van der Waals surface area (Å²) < 4.78 is 2.99. The standard InChI is InChI=1S/C24H22N4OS/c29-23(14-13-18-16-25-28(17-18)19-8-2-1-3-9-19)27-15-7-6-11-21(27)24-26-20-10-4-5-12-22(20)30-24/h1-5,8-10,12-14,16-17,21H,6-7,11,15H2/b14-13+/t21-/m0/s1. The van der Waals surface area contributed by atoms with Crippen molar-refractivity contribution in [1.82, 2.24) is 19.7 Å². The van der Waals surface area contributed by atoms with Gasteiger partial charge in [0, 0.05) is 24.4 Å². The fourth-order valence-corrected chi connectivity index (χ4v) is 5.01. The minimum atomic E-state index is 0.0337. The van der Waals surface area contributed by atoms with Crippen LogP contribution in [-0.4, -0.2) is 32.1 Å². The summed E-state index contributed by atoms with van der Waals surface area (Å²) in [5, 5.41) is 5.43. The zero-order chi connectivity index (χ0) is 20.3. The van der Waals surface area contributed by atoms with Gasteiger partial charge in [-0.15, -0.1) is 11.3 Å². The van der Waals surface area contributed by atoms with E-state index in [1.165, 1.54) is 4.70 Å². The van der Waals surface area contributed by atoms with Gasteiger partial charge < -0.3 is 4.90 Å². The summed E-state index contributed by atoms with van der Waals surface area (Å²) in [5.41, 5.74) is 2.91. The Balaban J connectivity index is 1.34. The Labute approximate surface area is 179 Å². The molecule has 0 spiro atoms. The molecule has 150 valence electrons. The van der Waals surface area contributed by atoms with Gasteiger partial charge in [0.15, 0.2) is 0 Å². The number of benzene rings is 2. The Hall–Kier alpha value is -3.25. The van der Waals surface area contributed by atoms with Crippen LogP contribution < -0.4 is 0 Å². The molecule has 0 saturated carbocycles. The van der Waals surface area contributed by atoms with E-state index in [-0.39, 0.29) is 11.9 Å². The molecular weight excluding hydrogens is 392 g/mol. The molecule has 3 heterocycles. The van der Waals surface area contributed by atoms with Crippen LogP contribution in [0.15, 0.2) is 73.1 Å². The van der Waals surface area contributed by atoms with Gasteiger partial charge in [-0.3, -0.25) is 4.79 Å². The molecule has 1 amide bonds. The number of piperidine rings is 1. The number of thiazole rings is 1. The zero-order valence-electron chi connectivity index (χ0n) is 16.5. The zero-order valence-corrected chi connectivity index (χ0v) is 17.3. The fraction of sp³-hybridized carbons (Fsp3) is 0.208. The number of nitrogens with zero attached hydrogens (tertiary/aromatic N) is 4. The van der Waals surface area contributed by atoms with Crippen LogP contribution in [0.5, 0.6) is 0 Å². The maximum Gasteiger partial charge on any atom is 0.247 e. The molecule has 0 N–H and O–H groups in total. The summed E-state index contributed by atoms with van der Waals surface area (Å²) in [7, 11) is 0. The molecular formula is C24H22N4OS. The molecule has 5 nitrogen and oxygen atoms in total. The van der Waals surface area contributed by atoms with E-state index in [4.69, 9.17) is 4.98 Å². The molecule has 30 heavy (non-hydrogen) atoms. The van der Waals surface area contributed by atoms with Crippen molar-refractivity contribution in [2.24, 2.45) is 0 Å². The van der Waals surface area contributed by atoms with E-state index in [0.717, 1.165) is 47.6 Å². The van der Waals surface area contributed by atoms with Crippen molar-refractivity contribution in [2.75, 3.05) is 6.54 Å². The molecule has 2 aromatic carbocycles. The lowest BCUT2D eigenvalue weighted by Gasteiger charge is -2.33. The molecule has 1 aliphatic heterocycles. The summed E-state index contributed by atoms with van der Waals surface area (Å²) in [6.07, 6.45) is 10.3. The number of hydrogen-bond donors (Lipinski definition) is 0. The largest absolute Gasteiger partial charge is 0.330 e. The van der Waals surface area contributed by atoms with Crippen LogP contribution in [0.1, 0.15) is 35.9 Å². The highest BCUT2D eigenvalue weighted by Crippen LogP contribution is 2.35. The van der Waals surface area contributed by atoms with Gasteiger partial charge in [-0.2, -0.15) is 5.10 Å². The van der Waals surface area contributed by atoms with Crippen molar-refractivity contribution in [2.45, 2.75) is 25.3 Å². The predicted molar refractivity (Wildman–Crippen MR) is 121 cm³/mol. The van der Waals surface area contributed by atoms with Gasteiger partial charge in [-0.1, -0.05) is 30.3 Å². The Bertz CT molecular complexity index is 1160. The average Bonchev–Trinajstić information content (AvgIpc) is 3.45. The van der Waals surface area contributed by atoms with Gasteiger partial charge in [0.05, 0.1) is 28.1 Å². The number of likely N-dealkylation sites (tertiary alicyclic amines) is 1. The number of rotatable bonds is 4. The van der Waals surface area contributed by atoms with E-state index in [0.29, 0.717) is 0 Å². The normalized spacial score (nSPS) is 17.1. The molecule has 6 heteroatoms. The molecule has 1 aliphatic rings. The van der Waals surface area contributed by atoms with Crippen LogP contribution in [0.4, 0.5) is 0 Å².